The predicted molar refractivity (Wildman–Crippen MR) is 129 cm³/mol. The second-order valence-electron chi connectivity index (χ2n) is 7.66. The van der Waals surface area contributed by atoms with Gasteiger partial charge in [-0.15, -0.1) is 0 Å². The number of halogens is 1. The van der Waals surface area contributed by atoms with Crippen molar-refractivity contribution in [2.75, 3.05) is 33.3 Å². The Kier molecular flexibility index (Phi) is 8.10. The molecule has 7 heteroatoms. The molecule has 3 rings (SSSR count). The zero-order valence-electron chi connectivity index (χ0n) is 18.7. The molecule has 1 heterocycles. The van der Waals surface area contributed by atoms with E-state index in [0.717, 1.165) is 36.1 Å². The van der Waals surface area contributed by atoms with Gasteiger partial charge in [0.2, 0.25) is 0 Å². The fourth-order valence-electron chi connectivity index (χ4n) is 4.06. The van der Waals surface area contributed by atoms with Crippen molar-refractivity contribution >= 4 is 33.4 Å². The van der Waals surface area contributed by atoms with Gasteiger partial charge in [0.15, 0.2) is 0 Å². The summed E-state index contributed by atoms with van der Waals surface area (Å²) < 4.78 is 6.09. The third-order valence-corrected chi connectivity index (χ3v) is 6.31. The molecular weight excluding hydrogens is 472 g/mol. The fraction of sp³-hybridized carbons (Fsp3) is 0.360. The average molecular weight is 501 g/mol. The standard InChI is InChI=1S/C25H29BrN2O4/c1-4-27(5-2)13-8-14-28-22(17-9-6-11-19(26)15-17)21(24(30)25(28)31)23(29)18-10-7-12-20(16-18)32-3/h6-7,9-12,15-16,22,29H,4-5,8,13-14H2,1-3H3/b23-21+/t22-/m0/s1. The smallest absolute Gasteiger partial charge is 0.295 e. The zero-order valence-corrected chi connectivity index (χ0v) is 20.3. The highest BCUT2D eigenvalue weighted by atomic mass is 79.9. The number of carbonyl (C=O) groups excluding carboxylic acids is 2. The first-order valence-electron chi connectivity index (χ1n) is 10.8. The number of hydrogen-bond acceptors (Lipinski definition) is 5. The minimum absolute atomic E-state index is 0.101. The van der Waals surface area contributed by atoms with Gasteiger partial charge in [-0.1, -0.05) is 54.0 Å². The van der Waals surface area contributed by atoms with Crippen LogP contribution in [0.25, 0.3) is 5.76 Å². The molecule has 1 amide bonds. The van der Waals surface area contributed by atoms with Crippen molar-refractivity contribution in [3.05, 3.63) is 69.7 Å². The van der Waals surface area contributed by atoms with Crippen LogP contribution in [-0.4, -0.2) is 59.9 Å². The number of ketones is 1. The molecule has 1 N–H and O–H groups in total. The van der Waals surface area contributed by atoms with Crippen LogP contribution < -0.4 is 4.74 Å². The number of amides is 1. The summed E-state index contributed by atoms with van der Waals surface area (Å²) in [5, 5.41) is 11.1. The predicted octanol–water partition coefficient (Wildman–Crippen LogP) is 4.61. The van der Waals surface area contributed by atoms with Gasteiger partial charge in [-0.3, -0.25) is 9.59 Å². The fourth-order valence-corrected chi connectivity index (χ4v) is 4.48. The molecule has 1 fully saturated rings. The second-order valence-corrected chi connectivity index (χ2v) is 8.58. The average Bonchev–Trinajstić information content (AvgIpc) is 3.06. The highest BCUT2D eigenvalue weighted by molar-refractivity contribution is 9.10. The van der Waals surface area contributed by atoms with E-state index in [1.165, 1.54) is 7.11 Å². The Balaban J connectivity index is 2.04. The number of carbonyl (C=O) groups is 2. The minimum atomic E-state index is -0.668. The minimum Gasteiger partial charge on any atom is -0.507 e. The van der Waals surface area contributed by atoms with Crippen molar-refractivity contribution in [3.8, 4) is 5.75 Å². The summed E-state index contributed by atoms with van der Waals surface area (Å²) >= 11 is 3.48. The summed E-state index contributed by atoms with van der Waals surface area (Å²) in [7, 11) is 1.54. The number of benzene rings is 2. The number of aliphatic hydroxyl groups is 1. The molecule has 2 aromatic carbocycles. The van der Waals surface area contributed by atoms with Crippen LogP contribution in [0.2, 0.25) is 0 Å². The molecule has 32 heavy (non-hydrogen) atoms. The van der Waals surface area contributed by atoms with Gasteiger partial charge in [0.05, 0.1) is 18.7 Å². The third-order valence-electron chi connectivity index (χ3n) is 5.82. The molecule has 0 unspecified atom stereocenters. The Morgan fingerprint density at radius 1 is 1.12 bits per heavy atom. The monoisotopic (exact) mass is 500 g/mol. The van der Waals surface area contributed by atoms with Crippen molar-refractivity contribution in [2.45, 2.75) is 26.3 Å². The molecule has 2 aromatic rings. The van der Waals surface area contributed by atoms with Crippen molar-refractivity contribution in [1.29, 1.82) is 0 Å². The number of rotatable bonds is 9. The first-order chi connectivity index (χ1) is 15.4. The summed E-state index contributed by atoms with van der Waals surface area (Å²) in [5.41, 5.74) is 1.31. The molecular formula is C25H29BrN2O4. The molecule has 0 spiro atoms. The summed E-state index contributed by atoms with van der Waals surface area (Å²) in [6.45, 7) is 7.32. The Morgan fingerprint density at radius 3 is 2.50 bits per heavy atom. The van der Waals surface area contributed by atoms with Gasteiger partial charge < -0.3 is 19.6 Å². The van der Waals surface area contributed by atoms with E-state index in [-0.39, 0.29) is 11.3 Å². The molecule has 0 aliphatic carbocycles. The van der Waals surface area contributed by atoms with Gasteiger partial charge in [-0.25, -0.2) is 0 Å². The van der Waals surface area contributed by atoms with Crippen LogP contribution >= 0.6 is 15.9 Å². The van der Waals surface area contributed by atoms with Crippen LogP contribution in [0.3, 0.4) is 0 Å². The summed E-state index contributed by atoms with van der Waals surface area (Å²) in [5.74, 6) is -0.892. The molecule has 0 radical (unpaired) electrons. The molecule has 1 aliphatic rings. The van der Waals surface area contributed by atoms with Crippen molar-refractivity contribution in [2.24, 2.45) is 0 Å². The van der Waals surface area contributed by atoms with Gasteiger partial charge in [0, 0.05) is 16.6 Å². The van der Waals surface area contributed by atoms with Crippen molar-refractivity contribution < 1.29 is 19.4 Å². The number of hydrogen-bond donors (Lipinski definition) is 1. The lowest BCUT2D eigenvalue weighted by Gasteiger charge is -2.27. The lowest BCUT2D eigenvalue weighted by atomic mass is 9.95. The van der Waals surface area contributed by atoms with Gasteiger partial charge >= 0.3 is 0 Å². The number of likely N-dealkylation sites (tertiary alicyclic amines) is 1. The largest absolute Gasteiger partial charge is 0.507 e. The van der Waals surface area contributed by atoms with Crippen molar-refractivity contribution in [3.63, 3.8) is 0 Å². The zero-order chi connectivity index (χ0) is 23.3. The quantitative estimate of drug-likeness (QED) is 0.309. The molecule has 1 saturated heterocycles. The Bertz CT molecular complexity index is 1020. The van der Waals surface area contributed by atoms with Crippen LogP contribution in [0.5, 0.6) is 5.75 Å². The molecule has 0 aromatic heterocycles. The Morgan fingerprint density at radius 2 is 1.84 bits per heavy atom. The van der Waals surface area contributed by atoms with Crippen LogP contribution in [0, 0.1) is 0 Å². The molecule has 170 valence electrons. The van der Waals surface area contributed by atoms with Gasteiger partial charge in [0.1, 0.15) is 11.5 Å². The van der Waals surface area contributed by atoms with Crippen LogP contribution in [0.1, 0.15) is 37.4 Å². The van der Waals surface area contributed by atoms with E-state index < -0.39 is 17.7 Å². The summed E-state index contributed by atoms with van der Waals surface area (Å²) in [4.78, 5) is 30.0. The SMILES string of the molecule is CCN(CC)CCCN1C(=O)C(=O)/C(=C(/O)c2cccc(OC)c2)[C@@H]1c1cccc(Br)c1. The number of ether oxygens (including phenoxy) is 1. The number of methoxy groups -OCH3 is 1. The number of nitrogens with zero attached hydrogens (tertiary/aromatic N) is 2. The highest BCUT2D eigenvalue weighted by Gasteiger charge is 2.45. The first kappa shape index (κ1) is 24.0. The van der Waals surface area contributed by atoms with E-state index in [9.17, 15) is 14.7 Å². The van der Waals surface area contributed by atoms with Gasteiger partial charge in [-0.05, 0) is 55.9 Å². The van der Waals surface area contributed by atoms with Crippen LogP contribution in [0.15, 0.2) is 58.6 Å². The maximum Gasteiger partial charge on any atom is 0.295 e. The third kappa shape index (κ3) is 5.05. The van der Waals surface area contributed by atoms with Gasteiger partial charge in [-0.2, -0.15) is 0 Å². The van der Waals surface area contributed by atoms with Crippen LogP contribution in [0.4, 0.5) is 0 Å². The summed E-state index contributed by atoms with van der Waals surface area (Å²) in [6.07, 6.45) is 0.735. The number of Topliss-reactive ketones (excluding diaryl/α,β-unsaturated/α-hetero) is 1. The van der Waals surface area contributed by atoms with E-state index in [4.69, 9.17) is 4.74 Å². The summed E-state index contributed by atoms with van der Waals surface area (Å²) in [6, 6.07) is 13.7. The molecule has 6 nitrogen and oxygen atoms in total. The maximum absolute atomic E-state index is 13.1. The van der Waals surface area contributed by atoms with Crippen LogP contribution in [-0.2, 0) is 9.59 Å². The van der Waals surface area contributed by atoms with E-state index in [0.29, 0.717) is 17.9 Å². The molecule has 0 saturated carbocycles. The van der Waals surface area contributed by atoms with Gasteiger partial charge in [0.25, 0.3) is 11.7 Å². The van der Waals surface area contributed by atoms with E-state index >= 15 is 0 Å². The maximum atomic E-state index is 13.1. The normalized spacial score (nSPS) is 17.9. The van der Waals surface area contributed by atoms with Crippen molar-refractivity contribution in [1.82, 2.24) is 9.80 Å². The molecule has 0 bridgehead atoms. The van der Waals surface area contributed by atoms with E-state index in [1.807, 2.05) is 24.3 Å². The van der Waals surface area contributed by atoms with E-state index in [2.05, 4.69) is 34.7 Å². The van der Waals surface area contributed by atoms with E-state index in [1.54, 1.807) is 29.2 Å². The first-order valence-corrected chi connectivity index (χ1v) is 11.6. The lowest BCUT2D eigenvalue weighted by Crippen LogP contribution is -2.33. The topological polar surface area (TPSA) is 70.1 Å². The Hall–Kier alpha value is -2.64. The highest BCUT2D eigenvalue weighted by Crippen LogP contribution is 2.40. The molecule has 1 atom stereocenters. The Labute approximate surface area is 197 Å². The molecule has 1 aliphatic heterocycles. The second kappa shape index (κ2) is 10.8. The number of aliphatic hydroxyl groups excluding tert-OH is 1. The lowest BCUT2D eigenvalue weighted by molar-refractivity contribution is -0.140.